The number of carbonyl (C=O) groups is 4. The van der Waals surface area contributed by atoms with E-state index in [1.807, 2.05) is 13.8 Å². The SMILES string of the molecule is C#CCOCCOCCOCCOCCNC(=O)O[C@H]1[C@@H]([C@@H](NC(C)=O)C(CC)CC)[C@H](NC(=O)OC(C)(C)C)C[C@@H]1C(=O)O. The number of rotatable bonds is 21. The first kappa shape index (κ1) is 39.9. The summed E-state index contributed by atoms with van der Waals surface area (Å²) < 4.78 is 32.5. The van der Waals surface area contributed by atoms with Gasteiger partial charge in [0.2, 0.25) is 5.91 Å². The van der Waals surface area contributed by atoms with Crippen LogP contribution in [0.15, 0.2) is 0 Å². The number of hydrogen-bond acceptors (Lipinski definition) is 10. The van der Waals surface area contributed by atoms with Crippen molar-refractivity contribution < 1.29 is 52.7 Å². The van der Waals surface area contributed by atoms with Gasteiger partial charge in [-0.15, -0.1) is 6.42 Å². The largest absolute Gasteiger partial charge is 0.481 e. The van der Waals surface area contributed by atoms with Crippen LogP contribution in [0.2, 0.25) is 0 Å². The fourth-order valence-corrected chi connectivity index (χ4v) is 5.27. The molecule has 0 aromatic carbocycles. The molecular formula is C31H53N3O11. The molecule has 258 valence electrons. The summed E-state index contributed by atoms with van der Waals surface area (Å²) in [6.07, 6.45) is 3.72. The molecule has 14 heteroatoms. The van der Waals surface area contributed by atoms with Gasteiger partial charge in [0.15, 0.2) is 0 Å². The number of aliphatic carboxylic acids is 1. The first-order chi connectivity index (χ1) is 21.3. The van der Waals surface area contributed by atoms with Crippen LogP contribution in [-0.2, 0) is 38.0 Å². The minimum atomic E-state index is -1.18. The average Bonchev–Trinajstić information content (AvgIpc) is 3.29. The van der Waals surface area contributed by atoms with Crippen LogP contribution in [0.1, 0.15) is 60.8 Å². The summed E-state index contributed by atoms with van der Waals surface area (Å²) in [5, 5.41) is 18.4. The lowest BCUT2D eigenvalue weighted by molar-refractivity contribution is -0.145. The average molecular weight is 644 g/mol. The van der Waals surface area contributed by atoms with Crippen LogP contribution in [0.4, 0.5) is 9.59 Å². The molecule has 45 heavy (non-hydrogen) atoms. The Labute approximate surface area is 266 Å². The second kappa shape index (κ2) is 21.6. The van der Waals surface area contributed by atoms with E-state index in [1.165, 1.54) is 6.92 Å². The van der Waals surface area contributed by atoms with Crippen LogP contribution >= 0.6 is 0 Å². The Morgan fingerprint density at radius 1 is 0.911 bits per heavy atom. The molecule has 0 aromatic heterocycles. The third-order valence-corrected chi connectivity index (χ3v) is 7.17. The van der Waals surface area contributed by atoms with Crippen LogP contribution < -0.4 is 16.0 Å². The van der Waals surface area contributed by atoms with E-state index < -0.39 is 53.8 Å². The molecule has 5 atom stereocenters. The van der Waals surface area contributed by atoms with Crippen LogP contribution in [0.3, 0.4) is 0 Å². The molecule has 1 aliphatic carbocycles. The summed E-state index contributed by atoms with van der Waals surface area (Å²) in [5.74, 6) is -1.05. The predicted octanol–water partition coefficient (Wildman–Crippen LogP) is 2.34. The van der Waals surface area contributed by atoms with Crippen LogP contribution in [-0.4, -0.2) is 112 Å². The first-order valence-electron chi connectivity index (χ1n) is 15.5. The molecular weight excluding hydrogens is 590 g/mol. The maximum atomic E-state index is 12.9. The number of carbonyl (C=O) groups excluding carboxylic acids is 3. The van der Waals surface area contributed by atoms with Gasteiger partial charge in [-0.2, -0.15) is 0 Å². The summed E-state index contributed by atoms with van der Waals surface area (Å²) in [4.78, 5) is 50.2. The zero-order valence-electron chi connectivity index (χ0n) is 27.6. The van der Waals surface area contributed by atoms with E-state index in [4.69, 9.17) is 34.8 Å². The van der Waals surface area contributed by atoms with Crippen LogP contribution in [0.5, 0.6) is 0 Å². The lowest BCUT2D eigenvalue weighted by Gasteiger charge is -2.37. The fraction of sp³-hybridized carbons (Fsp3) is 0.806. The molecule has 1 aliphatic rings. The van der Waals surface area contributed by atoms with Gasteiger partial charge in [0.25, 0.3) is 0 Å². The van der Waals surface area contributed by atoms with Crippen molar-refractivity contribution in [3.8, 4) is 12.3 Å². The molecule has 0 radical (unpaired) electrons. The third-order valence-electron chi connectivity index (χ3n) is 7.17. The monoisotopic (exact) mass is 643 g/mol. The topological polar surface area (TPSA) is 180 Å². The highest BCUT2D eigenvalue weighted by Gasteiger charge is 2.54. The van der Waals surface area contributed by atoms with Gasteiger partial charge in [-0.3, -0.25) is 9.59 Å². The maximum absolute atomic E-state index is 12.9. The number of alkyl carbamates (subject to hydrolysis) is 2. The summed E-state index contributed by atoms with van der Waals surface area (Å²) in [5.41, 5.74) is -0.784. The van der Waals surface area contributed by atoms with Crippen molar-refractivity contribution in [1.82, 2.24) is 16.0 Å². The van der Waals surface area contributed by atoms with Gasteiger partial charge in [0.05, 0.1) is 52.2 Å². The van der Waals surface area contributed by atoms with Crippen molar-refractivity contribution in [3.63, 3.8) is 0 Å². The molecule has 0 saturated heterocycles. The number of terminal acetylenes is 1. The Morgan fingerprint density at radius 3 is 1.96 bits per heavy atom. The van der Waals surface area contributed by atoms with Gasteiger partial charge < -0.3 is 49.5 Å². The van der Waals surface area contributed by atoms with E-state index in [1.54, 1.807) is 20.8 Å². The van der Waals surface area contributed by atoms with Gasteiger partial charge in [-0.05, 0) is 33.1 Å². The van der Waals surface area contributed by atoms with Crippen LogP contribution in [0.25, 0.3) is 0 Å². The second-order valence-electron chi connectivity index (χ2n) is 11.7. The Bertz CT molecular complexity index is 946. The standard InChI is InChI=1S/C31H53N3O11/c1-8-12-40-14-16-42-18-19-43-17-15-41-13-11-32-29(38)44-27-23(28(36)37)20-24(34-30(39)45-31(5,6)7)25(27)26(33-21(4)35)22(9-2)10-3/h1,22-27H,9-20H2,2-7H3,(H,32,38)(H,33,35)(H,34,39)(H,36,37)/t23-,24+,25+,26-,27+/m0/s1. The smallest absolute Gasteiger partial charge is 0.407 e. The fourth-order valence-electron chi connectivity index (χ4n) is 5.27. The van der Waals surface area contributed by atoms with Gasteiger partial charge in [0.1, 0.15) is 18.3 Å². The van der Waals surface area contributed by atoms with E-state index in [0.717, 1.165) is 0 Å². The molecule has 0 aliphatic heterocycles. The number of hydrogen-bond donors (Lipinski definition) is 4. The van der Waals surface area contributed by atoms with Crippen molar-refractivity contribution in [1.29, 1.82) is 0 Å². The lowest BCUT2D eigenvalue weighted by Crippen LogP contribution is -2.55. The first-order valence-corrected chi connectivity index (χ1v) is 15.5. The van der Waals surface area contributed by atoms with Gasteiger partial charge in [-0.1, -0.05) is 32.6 Å². The highest BCUT2D eigenvalue weighted by Crippen LogP contribution is 2.40. The van der Waals surface area contributed by atoms with E-state index in [-0.39, 0.29) is 38.0 Å². The van der Waals surface area contributed by atoms with E-state index >= 15 is 0 Å². The maximum Gasteiger partial charge on any atom is 0.407 e. The Hall–Kier alpha value is -3.12. The molecule has 4 N–H and O–H groups in total. The van der Waals surface area contributed by atoms with E-state index in [2.05, 4.69) is 21.9 Å². The number of carboxylic acids is 1. The minimum Gasteiger partial charge on any atom is -0.481 e. The summed E-state index contributed by atoms with van der Waals surface area (Å²) in [6.45, 7) is 13.2. The van der Waals surface area contributed by atoms with Gasteiger partial charge in [-0.25, -0.2) is 9.59 Å². The van der Waals surface area contributed by atoms with Crippen molar-refractivity contribution in [2.24, 2.45) is 17.8 Å². The highest BCUT2D eigenvalue weighted by atomic mass is 16.6. The molecule has 1 rings (SSSR count). The van der Waals surface area contributed by atoms with Crippen molar-refractivity contribution in [2.75, 3.05) is 59.4 Å². The molecule has 0 unspecified atom stereocenters. The molecule has 14 nitrogen and oxygen atoms in total. The summed E-state index contributed by atoms with van der Waals surface area (Å²) in [7, 11) is 0. The summed E-state index contributed by atoms with van der Waals surface area (Å²) in [6, 6.07) is -1.32. The van der Waals surface area contributed by atoms with Crippen molar-refractivity contribution in [2.45, 2.75) is 84.6 Å². The minimum absolute atomic E-state index is 0.0128. The quantitative estimate of drug-likeness (QED) is 0.107. The zero-order chi connectivity index (χ0) is 33.8. The highest BCUT2D eigenvalue weighted by molar-refractivity contribution is 5.75. The predicted molar refractivity (Wildman–Crippen MR) is 164 cm³/mol. The summed E-state index contributed by atoms with van der Waals surface area (Å²) >= 11 is 0. The molecule has 0 heterocycles. The Kier molecular flexibility index (Phi) is 19.1. The van der Waals surface area contributed by atoms with Gasteiger partial charge >= 0.3 is 18.2 Å². The van der Waals surface area contributed by atoms with Crippen LogP contribution in [0, 0.1) is 30.1 Å². The van der Waals surface area contributed by atoms with E-state index in [0.29, 0.717) is 52.5 Å². The van der Waals surface area contributed by atoms with E-state index in [9.17, 15) is 24.3 Å². The Morgan fingerprint density at radius 2 is 1.47 bits per heavy atom. The number of carboxylic acid groups (broad SMARTS) is 1. The number of nitrogens with one attached hydrogen (secondary N) is 3. The molecule has 0 spiro atoms. The third kappa shape index (κ3) is 16.1. The number of amides is 3. The number of ether oxygens (including phenoxy) is 6. The molecule has 3 amide bonds. The van der Waals surface area contributed by atoms with Gasteiger partial charge in [0, 0.05) is 31.5 Å². The normalized spacial score (nSPS) is 20.2. The lowest BCUT2D eigenvalue weighted by atomic mass is 9.80. The Balaban J connectivity index is 2.77. The molecule has 1 saturated carbocycles. The molecule has 0 aromatic rings. The molecule has 1 fully saturated rings. The van der Waals surface area contributed by atoms with Crippen molar-refractivity contribution >= 4 is 24.1 Å². The second-order valence-corrected chi connectivity index (χ2v) is 11.7. The zero-order valence-corrected chi connectivity index (χ0v) is 27.6. The molecule has 0 bridgehead atoms. The van der Waals surface area contributed by atoms with Crippen molar-refractivity contribution in [3.05, 3.63) is 0 Å².